The van der Waals surface area contributed by atoms with Gasteiger partial charge in [-0.25, -0.2) is 4.79 Å². The predicted molar refractivity (Wildman–Crippen MR) is 116 cm³/mol. The zero-order valence-electron chi connectivity index (χ0n) is 18.2. The van der Waals surface area contributed by atoms with E-state index in [0.29, 0.717) is 12.0 Å². The van der Waals surface area contributed by atoms with E-state index in [4.69, 9.17) is 15.5 Å². The van der Waals surface area contributed by atoms with E-state index in [9.17, 15) is 4.79 Å². The van der Waals surface area contributed by atoms with Gasteiger partial charge in [0.2, 0.25) is 0 Å². The minimum Gasteiger partial charge on any atom is -0.455 e. The summed E-state index contributed by atoms with van der Waals surface area (Å²) in [5, 5.41) is 2.12. The lowest BCUT2D eigenvalue weighted by molar-refractivity contribution is -0.0190. The summed E-state index contributed by atoms with van der Waals surface area (Å²) in [5.74, 6) is -0.297. The molecule has 0 aromatic carbocycles. The minimum absolute atomic E-state index is 0.0117. The van der Waals surface area contributed by atoms with Crippen molar-refractivity contribution in [3.05, 3.63) is 64.5 Å². The van der Waals surface area contributed by atoms with Crippen LogP contribution in [0.5, 0.6) is 0 Å². The van der Waals surface area contributed by atoms with Crippen LogP contribution in [-0.4, -0.2) is 26.5 Å². The quantitative estimate of drug-likeness (QED) is 0.649. The summed E-state index contributed by atoms with van der Waals surface area (Å²) in [6.45, 7) is 9.95. The SMILES string of the molecule is CC[C@@H](N)c1cnc(C)c2cnc(Cc3ccc4c(n3)[C@@H](C)C(C)(C)OC4=O)cc12. The van der Waals surface area contributed by atoms with Gasteiger partial charge in [-0.1, -0.05) is 13.8 Å². The molecule has 0 radical (unpaired) electrons. The Morgan fingerprint density at radius 1 is 1.17 bits per heavy atom. The average Bonchev–Trinajstić information content (AvgIpc) is 2.71. The lowest BCUT2D eigenvalue weighted by Gasteiger charge is -2.36. The van der Waals surface area contributed by atoms with E-state index >= 15 is 0 Å². The minimum atomic E-state index is -0.577. The molecule has 1 aliphatic heterocycles. The maximum Gasteiger partial charge on any atom is 0.340 e. The topological polar surface area (TPSA) is 91.0 Å². The highest BCUT2D eigenvalue weighted by atomic mass is 16.6. The second kappa shape index (κ2) is 7.43. The summed E-state index contributed by atoms with van der Waals surface area (Å²) < 4.78 is 5.57. The van der Waals surface area contributed by atoms with Gasteiger partial charge in [0.05, 0.1) is 11.3 Å². The maximum absolute atomic E-state index is 12.3. The number of hydrogen-bond acceptors (Lipinski definition) is 6. The lowest BCUT2D eigenvalue weighted by Crippen LogP contribution is -2.39. The highest BCUT2D eigenvalue weighted by Crippen LogP contribution is 2.37. The van der Waals surface area contributed by atoms with Crippen molar-refractivity contribution < 1.29 is 9.53 Å². The van der Waals surface area contributed by atoms with Crippen LogP contribution in [0.3, 0.4) is 0 Å². The predicted octanol–water partition coefficient (Wildman–Crippen LogP) is 4.39. The fourth-order valence-electron chi connectivity index (χ4n) is 3.96. The van der Waals surface area contributed by atoms with Crippen LogP contribution < -0.4 is 5.73 Å². The van der Waals surface area contributed by atoms with Gasteiger partial charge in [-0.15, -0.1) is 0 Å². The Hall–Kier alpha value is -2.86. The van der Waals surface area contributed by atoms with Gasteiger partial charge in [-0.3, -0.25) is 15.0 Å². The van der Waals surface area contributed by atoms with Gasteiger partial charge in [0.25, 0.3) is 0 Å². The van der Waals surface area contributed by atoms with Gasteiger partial charge in [0.1, 0.15) is 5.60 Å². The number of nitrogens with zero attached hydrogens (tertiary/aromatic N) is 3. The molecule has 4 rings (SSSR count). The van der Waals surface area contributed by atoms with Crippen molar-refractivity contribution in [2.45, 2.75) is 65.0 Å². The second-order valence-corrected chi connectivity index (χ2v) is 8.66. The normalized spacial score (nSPS) is 18.7. The zero-order chi connectivity index (χ0) is 21.6. The number of carbonyl (C=O) groups is 1. The average molecular weight is 405 g/mol. The van der Waals surface area contributed by atoms with E-state index in [-0.39, 0.29) is 17.9 Å². The Morgan fingerprint density at radius 3 is 2.67 bits per heavy atom. The Morgan fingerprint density at radius 2 is 1.93 bits per heavy atom. The largest absolute Gasteiger partial charge is 0.455 e. The van der Waals surface area contributed by atoms with Crippen LogP contribution in [0.25, 0.3) is 10.8 Å². The molecule has 1 aliphatic rings. The third-order valence-electron chi connectivity index (χ3n) is 6.27. The Balaban J connectivity index is 1.73. The highest BCUT2D eigenvalue weighted by Gasteiger charge is 2.40. The van der Waals surface area contributed by atoms with Gasteiger partial charge >= 0.3 is 5.97 Å². The molecule has 156 valence electrons. The number of hydrogen-bond donors (Lipinski definition) is 1. The second-order valence-electron chi connectivity index (χ2n) is 8.66. The molecule has 0 aliphatic carbocycles. The molecule has 0 saturated carbocycles. The fraction of sp³-hybridized carbons (Fsp3) is 0.417. The van der Waals surface area contributed by atoms with Gasteiger partial charge in [0, 0.05) is 53.2 Å². The molecule has 6 nitrogen and oxygen atoms in total. The first-order valence-electron chi connectivity index (χ1n) is 10.4. The van der Waals surface area contributed by atoms with Crippen LogP contribution >= 0.6 is 0 Å². The van der Waals surface area contributed by atoms with E-state index in [0.717, 1.165) is 45.5 Å². The van der Waals surface area contributed by atoms with Gasteiger partial charge in [-0.2, -0.15) is 0 Å². The molecule has 30 heavy (non-hydrogen) atoms. The number of cyclic esters (lactones) is 1. The first-order chi connectivity index (χ1) is 14.2. The number of fused-ring (bicyclic) bond motifs is 2. The molecule has 0 spiro atoms. The molecule has 0 fully saturated rings. The van der Waals surface area contributed by atoms with E-state index < -0.39 is 5.60 Å². The molecule has 6 heteroatoms. The first-order valence-corrected chi connectivity index (χ1v) is 10.4. The summed E-state index contributed by atoms with van der Waals surface area (Å²) in [6, 6.07) is 5.73. The van der Waals surface area contributed by atoms with Crippen LogP contribution in [-0.2, 0) is 11.2 Å². The summed E-state index contributed by atoms with van der Waals surface area (Å²) in [6.07, 6.45) is 5.17. The summed E-state index contributed by atoms with van der Waals surface area (Å²) in [4.78, 5) is 26.3. The monoisotopic (exact) mass is 404 g/mol. The summed E-state index contributed by atoms with van der Waals surface area (Å²) in [7, 11) is 0. The van der Waals surface area contributed by atoms with Crippen molar-refractivity contribution in [2.75, 3.05) is 0 Å². The summed E-state index contributed by atoms with van der Waals surface area (Å²) in [5.41, 5.74) is 10.9. The van der Waals surface area contributed by atoms with Gasteiger partial charge in [0.15, 0.2) is 0 Å². The van der Waals surface area contributed by atoms with Crippen LogP contribution in [0.2, 0.25) is 0 Å². The molecule has 3 aromatic heterocycles. The van der Waals surface area contributed by atoms with Crippen molar-refractivity contribution in [2.24, 2.45) is 5.73 Å². The number of nitrogens with two attached hydrogens (primary N) is 1. The van der Waals surface area contributed by atoms with Crippen LogP contribution in [0.1, 0.15) is 84.8 Å². The molecule has 0 saturated heterocycles. The van der Waals surface area contributed by atoms with Crippen LogP contribution in [0.15, 0.2) is 30.6 Å². The molecule has 3 aromatic rings. The third-order valence-corrected chi connectivity index (χ3v) is 6.27. The number of carbonyl (C=O) groups excluding carboxylic acids is 1. The molecule has 2 atom stereocenters. The molecular formula is C24H28N4O2. The smallest absolute Gasteiger partial charge is 0.340 e. The third kappa shape index (κ3) is 3.45. The van der Waals surface area contributed by atoms with Crippen molar-refractivity contribution in [1.29, 1.82) is 0 Å². The number of esters is 1. The fourth-order valence-corrected chi connectivity index (χ4v) is 3.96. The summed E-state index contributed by atoms with van der Waals surface area (Å²) >= 11 is 0. The number of rotatable bonds is 4. The molecular weight excluding hydrogens is 376 g/mol. The number of aryl methyl sites for hydroxylation is 1. The van der Waals surface area contributed by atoms with E-state index in [2.05, 4.69) is 23.0 Å². The van der Waals surface area contributed by atoms with Crippen molar-refractivity contribution >= 4 is 16.7 Å². The highest BCUT2D eigenvalue weighted by molar-refractivity contribution is 5.92. The molecule has 0 unspecified atom stereocenters. The van der Waals surface area contributed by atoms with Crippen molar-refractivity contribution in [1.82, 2.24) is 15.0 Å². The van der Waals surface area contributed by atoms with E-state index in [1.54, 1.807) is 0 Å². The van der Waals surface area contributed by atoms with Gasteiger partial charge < -0.3 is 10.5 Å². The van der Waals surface area contributed by atoms with Crippen molar-refractivity contribution in [3.63, 3.8) is 0 Å². The van der Waals surface area contributed by atoms with Crippen LogP contribution in [0, 0.1) is 6.92 Å². The maximum atomic E-state index is 12.3. The first kappa shape index (κ1) is 20.4. The molecule has 0 amide bonds. The number of aromatic nitrogens is 3. The number of pyridine rings is 3. The molecule has 2 N–H and O–H groups in total. The lowest BCUT2D eigenvalue weighted by atomic mass is 9.84. The van der Waals surface area contributed by atoms with Crippen LogP contribution in [0.4, 0.5) is 0 Å². The van der Waals surface area contributed by atoms with E-state index in [1.807, 2.05) is 52.2 Å². The molecule has 0 bridgehead atoms. The van der Waals surface area contributed by atoms with Gasteiger partial charge in [-0.05, 0) is 56.3 Å². The van der Waals surface area contributed by atoms with Crippen molar-refractivity contribution in [3.8, 4) is 0 Å². The molecule has 4 heterocycles. The Labute approximate surface area is 176 Å². The van der Waals surface area contributed by atoms with E-state index in [1.165, 1.54) is 0 Å². The Kier molecular flexibility index (Phi) is 5.06. The standard InChI is InChI=1S/C24H28N4O2/c1-6-21(25)20-12-26-14(3)19-11-27-16(10-18(19)20)9-15-7-8-17-22(28-15)13(2)24(4,5)30-23(17)29/h7-8,10-13,21H,6,9,25H2,1-5H3/t13-,21-/m1/s1. The zero-order valence-corrected chi connectivity index (χ0v) is 18.2. The number of ether oxygens (including phenoxy) is 1. The Bertz CT molecular complexity index is 1140.